The lowest BCUT2D eigenvalue weighted by molar-refractivity contribution is 0.0195. The smallest absolute Gasteiger partial charge is 0.193 e. The third kappa shape index (κ3) is 5.03. The van der Waals surface area contributed by atoms with Crippen LogP contribution in [-0.2, 0) is 11.3 Å². The number of nitrogens with one attached hydrogen (secondary N) is 1. The number of ether oxygens (including phenoxy) is 1. The lowest BCUT2D eigenvalue weighted by atomic mass is 10.2. The minimum Gasteiger partial charge on any atom is -0.379 e. The Hall–Kier alpha value is -0.930. The highest BCUT2D eigenvalue weighted by Crippen LogP contribution is 2.17. The number of morpholine rings is 1. The van der Waals surface area contributed by atoms with Crippen LogP contribution in [0.15, 0.2) is 29.3 Å². The SMILES string of the molecule is CN=C(NCc1ccc(F)cc1)N1CCC(N2CCOCC2)C1.I. The van der Waals surface area contributed by atoms with Gasteiger partial charge in [-0.1, -0.05) is 12.1 Å². The third-order valence-electron chi connectivity index (χ3n) is 4.60. The molecule has 7 heteroatoms. The summed E-state index contributed by atoms with van der Waals surface area (Å²) in [5, 5.41) is 3.38. The van der Waals surface area contributed by atoms with Gasteiger partial charge in [-0.3, -0.25) is 9.89 Å². The predicted molar refractivity (Wildman–Crippen MR) is 104 cm³/mol. The fourth-order valence-electron chi connectivity index (χ4n) is 3.29. The molecule has 2 aliphatic heterocycles. The average molecular weight is 448 g/mol. The Balaban J connectivity index is 0.00000208. The van der Waals surface area contributed by atoms with E-state index in [1.807, 2.05) is 7.05 Å². The van der Waals surface area contributed by atoms with Crippen molar-refractivity contribution in [3.05, 3.63) is 35.6 Å². The lowest BCUT2D eigenvalue weighted by Gasteiger charge is -2.32. The van der Waals surface area contributed by atoms with Gasteiger partial charge in [0.05, 0.1) is 13.2 Å². The molecule has 1 aromatic rings. The Morgan fingerprint density at radius 3 is 2.62 bits per heavy atom. The average Bonchev–Trinajstić information content (AvgIpc) is 3.08. The van der Waals surface area contributed by atoms with Crippen molar-refractivity contribution in [2.75, 3.05) is 46.4 Å². The zero-order valence-electron chi connectivity index (χ0n) is 14.1. The Morgan fingerprint density at radius 1 is 1.25 bits per heavy atom. The zero-order valence-corrected chi connectivity index (χ0v) is 16.4. The van der Waals surface area contributed by atoms with Gasteiger partial charge in [-0.05, 0) is 24.1 Å². The Kier molecular flexibility index (Phi) is 7.70. The molecular weight excluding hydrogens is 422 g/mol. The largest absolute Gasteiger partial charge is 0.379 e. The van der Waals surface area contributed by atoms with Gasteiger partial charge in [-0.25, -0.2) is 4.39 Å². The number of halogens is 2. The van der Waals surface area contributed by atoms with E-state index in [1.54, 1.807) is 12.1 Å². The summed E-state index contributed by atoms with van der Waals surface area (Å²) in [6, 6.07) is 7.17. The minimum absolute atomic E-state index is 0. The van der Waals surface area contributed by atoms with Crippen molar-refractivity contribution >= 4 is 29.9 Å². The standard InChI is InChI=1S/C17H25FN4O.HI/c1-19-17(20-12-14-2-4-15(18)5-3-14)22-7-6-16(13-22)21-8-10-23-11-9-21;/h2-5,16H,6-13H2,1H3,(H,19,20);1H. The summed E-state index contributed by atoms with van der Waals surface area (Å²) in [5.74, 6) is 0.719. The Morgan fingerprint density at radius 2 is 1.96 bits per heavy atom. The molecular formula is C17H26FIN4O. The summed E-state index contributed by atoms with van der Waals surface area (Å²) >= 11 is 0. The molecule has 0 spiro atoms. The monoisotopic (exact) mass is 448 g/mol. The predicted octanol–water partition coefficient (Wildman–Crippen LogP) is 1.93. The van der Waals surface area contributed by atoms with E-state index in [0.717, 1.165) is 57.3 Å². The maximum absolute atomic E-state index is 13.0. The zero-order chi connectivity index (χ0) is 16.1. The normalized spacial score (nSPS) is 22.3. The van der Waals surface area contributed by atoms with Gasteiger partial charge in [0.25, 0.3) is 0 Å². The second-order valence-corrected chi connectivity index (χ2v) is 6.06. The van der Waals surface area contributed by atoms with Gasteiger partial charge < -0.3 is 15.0 Å². The molecule has 0 saturated carbocycles. The van der Waals surface area contributed by atoms with Crippen LogP contribution in [0.3, 0.4) is 0 Å². The number of guanidine groups is 1. The Labute approximate surface area is 160 Å². The summed E-state index contributed by atoms with van der Waals surface area (Å²) in [5.41, 5.74) is 1.05. The van der Waals surface area contributed by atoms with Crippen LogP contribution in [0.1, 0.15) is 12.0 Å². The first-order chi connectivity index (χ1) is 11.3. The van der Waals surface area contributed by atoms with E-state index in [1.165, 1.54) is 12.1 Å². The highest BCUT2D eigenvalue weighted by molar-refractivity contribution is 14.0. The van der Waals surface area contributed by atoms with E-state index in [2.05, 4.69) is 20.1 Å². The van der Waals surface area contributed by atoms with Crippen molar-refractivity contribution in [2.45, 2.75) is 19.0 Å². The van der Waals surface area contributed by atoms with Crippen LogP contribution in [-0.4, -0.2) is 68.2 Å². The first-order valence-corrected chi connectivity index (χ1v) is 8.28. The fourth-order valence-corrected chi connectivity index (χ4v) is 3.29. The quantitative estimate of drug-likeness (QED) is 0.436. The van der Waals surface area contributed by atoms with Crippen molar-refractivity contribution in [1.29, 1.82) is 0 Å². The number of hydrogen-bond acceptors (Lipinski definition) is 3. The van der Waals surface area contributed by atoms with E-state index in [0.29, 0.717) is 12.6 Å². The number of hydrogen-bond donors (Lipinski definition) is 1. The molecule has 1 aromatic carbocycles. The summed E-state index contributed by atoms with van der Waals surface area (Å²) in [6.07, 6.45) is 1.16. The minimum atomic E-state index is -0.203. The van der Waals surface area contributed by atoms with Crippen LogP contribution in [0, 0.1) is 5.82 Å². The number of benzene rings is 1. The molecule has 1 N–H and O–H groups in total. The first kappa shape index (κ1) is 19.4. The van der Waals surface area contributed by atoms with Gasteiger partial charge in [0.2, 0.25) is 0 Å². The highest BCUT2D eigenvalue weighted by Gasteiger charge is 2.30. The van der Waals surface area contributed by atoms with Crippen molar-refractivity contribution in [1.82, 2.24) is 15.1 Å². The molecule has 1 unspecified atom stereocenters. The molecule has 2 aliphatic rings. The van der Waals surface area contributed by atoms with Gasteiger partial charge in [-0.15, -0.1) is 24.0 Å². The summed E-state index contributed by atoms with van der Waals surface area (Å²) in [7, 11) is 1.81. The van der Waals surface area contributed by atoms with Crippen molar-refractivity contribution in [3.8, 4) is 0 Å². The van der Waals surface area contributed by atoms with Crippen molar-refractivity contribution < 1.29 is 9.13 Å². The van der Waals surface area contributed by atoms with E-state index < -0.39 is 0 Å². The molecule has 2 fully saturated rings. The van der Waals surface area contributed by atoms with E-state index in [4.69, 9.17) is 4.74 Å². The maximum Gasteiger partial charge on any atom is 0.193 e. The second-order valence-electron chi connectivity index (χ2n) is 6.06. The fraction of sp³-hybridized carbons (Fsp3) is 0.588. The first-order valence-electron chi connectivity index (χ1n) is 8.28. The highest BCUT2D eigenvalue weighted by atomic mass is 127. The molecule has 2 heterocycles. The molecule has 2 saturated heterocycles. The van der Waals surface area contributed by atoms with Gasteiger partial charge in [0.15, 0.2) is 5.96 Å². The Bertz CT molecular complexity index is 534. The molecule has 134 valence electrons. The third-order valence-corrected chi connectivity index (χ3v) is 4.60. The number of likely N-dealkylation sites (tertiary alicyclic amines) is 1. The van der Waals surface area contributed by atoms with Crippen LogP contribution >= 0.6 is 24.0 Å². The topological polar surface area (TPSA) is 40.1 Å². The van der Waals surface area contributed by atoms with E-state index in [9.17, 15) is 4.39 Å². The van der Waals surface area contributed by atoms with Gasteiger partial charge in [0, 0.05) is 45.8 Å². The number of aliphatic imine (C=N–C) groups is 1. The molecule has 24 heavy (non-hydrogen) atoms. The van der Waals surface area contributed by atoms with E-state index in [-0.39, 0.29) is 29.8 Å². The van der Waals surface area contributed by atoms with E-state index >= 15 is 0 Å². The summed E-state index contributed by atoms with van der Waals surface area (Å²) in [6.45, 7) is 6.42. The molecule has 0 aliphatic carbocycles. The molecule has 5 nitrogen and oxygen atoms in total. The van der Waals surface area contributed by atoms with Gasteiger partial charge in [0.1, 0.15) is 5.82 Å². The van der Waals surface area contributed by atoms with Crippen molar-refractivity contribution in [3.63, 3.8) is 0 Å². The molecule has 0 bridgehead atoms. The molecule has 0 aromatic heterocycles. The van der Waals surface area contributed by atoms with Crippen molar-refractivity contribution in [2.24, 2.45) is 4.99 Å². The van der Waals surface area contributed by atoms with Crippen LogP contribution in [0.4, 0.5) is 4.39 Å². The summed E-state index contributed by atoms with van der Waals surface area (Å²) in [4.78, 5) is 9.23. The van der Waals surface area contributed by atoms with Crippen LogP contribution in [0.5, 0.6) is 0 Å². The number of nitrogens with zero attached hydrogens (tertiary/aromatic N) is 3. The molecule has 3 rings (SSSR count). The van der Waals surface area contributed by atoms with Crippen LogP contribution in [0.2, 0.25) is 0 Å². The second kappa shape index (κ2) is 9.53. The van der Waals surface area contributed by atoms with Gasteiger partial charge in [-0.2, -0.15) is 0 Å². The van der Waals surface area contributed by atoms with Gasteiger partial charge >= 0.3 is 0 Å². The maximum atomic E-state index is 13.0. The lowest BCUT2D eigenvalue weighted by Crippen LogP contribution is -2.46. The number of rotatable bonds is 3. The molecule has 0 amide bonds. The van der Waals surface area contributed by atoms with Crippen LogP contribution < -0.4 is 5.32 Å². The molecule has 1 atom stereocenters. The summed E-state index contributed by atoms with van der Waals surface area (Å²) < 4.78 is 18.4. The van der Waals surface area contributed by atoms with Crippen LogP contribution in [0.25, 0.3) is 0 Å². The molecule has 0 radical (unpaired) electrons.